The summed E-state index contributed by atoms with van der Waals surface area (Å²) in [4.78, 5) is 20.8. The smallest absolute Gasteiger partial charge is 0.365 e. The number of ether oxygens (including phenoxy) is 2. The van der Waals surface area contributed by atoms with Gasteiger partial charge in [-0.25, -0.2) is 4.79 Å². The molecule has 0 radical (unpaired) electrons. The van der Waals surface area contributed by atoms with Crippen molar-refractivity contribution in [3.8, 4) is 0 Å². The summed E-state index contributed by atoms with van der Waals surface area (Å²) in [5.41, 5.74) is 0. The molecule has 6 heteroatoms. The third-order valence-corrected chi connectivity index (χ3v) is 1.46. The highest BCUT2D eigenvalue weighted by atomic mass is 16.8. The molecule has 0 saturated carbocycles. The van der Waals surface area contributed by atoms with E-state index in [0.29, 0.717) is 0 Å². The van der Waals surface area contributed by atoms with Crippen LogP contribution in [-0.2, 0) is 19.1 Å². The Morgan fingerprint density at radius 2 is 1.75 bits per heavy atom. The van der Waals surface area contributed by atoms with E-state index in [1.165, 1.54) is 0 Å². The average molecular weight is 176 g/mol. The van der Waals surface area contributed by atoms with Crippen molar-refractivity contribution in [1.82, 2.24) is 0 Å². The highest BCUT2D eigenvalue weighted by molar-refractivity contribution is 5.82. The monoisotopic (exact) mass is 176 g/mol. The third kappa shape index (κ3) is 1.54. The van der Waals surface area contributed by atoms with Crippen molar-refractivity contribution in [2.75, 3.05) is 13.2 Å². The molecule has 1 aliphatic rings. The molecule has 1 saturated heterocycles. The maximum absolute atomic E-state index is 10.5. The van der Waals surface area contributed by atoms with Crippen molar-refractivity contribution in [3.05, 3.63) is 0 Å². The first-order valence-electron chi connectivity index (χ1n) is 3.30. The van der Waals surface area contributed by atoms with Crippen molar-refractivity contribution in [1.29, 1.82) is 0 Å². The van der Waals surface area contributed by atoms with Crippen LogP contribution in [0.4, 0.5) is 0 Å². The zero-order valence-electron chi connectivity index (χ0n) is 6.15. The molecule has 0 aromatic carbocycles. The highest BCUT2D eigenvalue weighted by Gasteiger charge is 2.46. The van der Waals surface area contributed by atoms with E-state index in [0.717, 1.165) is 0 Å². The van der Waals surface area contributed by atoms with Gasteiger partial charge in [0.1, 0.15) is 6.42 Å². The van der Waals surface area contributed by atoms with E-state index in [1.54, 1.807) is 0 Å². The molecule has 0 spiro atoms. The molecule has 0 atom stereocenters. The van der Waals surface area contributed by atoms with Crippen LogP contribution in [0.2, 0.25) is 0 Å². The van der Waals surface area contributed by atoms with Gasteiger partial charge in [0.15, 0.2) is 0 Å². The zero-order chi connectivity index (χ0) is 9.19. The first kappa shape index (κ1) is 8.95. The Morgan fingerprint density at radius 3 is 2.08 bits per heavy atom. The molecule has 1 heterocycles. The summed E-state index contributed by atoms with van der Waals surface area (Å²) in [7, 11) is 0. The van der Waals surface area contributed by atoms with Gasteiger partial charge in [-0.05, 0) is 0 Å². The van der Waals surface area contributed by atoms with Crippen LogP contribution in [0.15, 0.2) is 0 Å². The minimum Gasteiger partial charge on any atom is -0.481 e. The second-order valence-electron chi connectivity index (χ2n) is 2.33. The van der Waals surface area contributed by atoms with E-state index in [1.807, 2.05) is 0 Å². The van der Waals surface area contributed by atoms with Gasteiger partial charge in [0.2, 0.25) is 0 Å². The number of carboxylic acids is 2. The highest BCUT2D eigenvalue weighted by Crippen LogP contribution is 2.23. The Hall–Kier alpha value is -1.14. The summed E-state index contributed by atoms with van der Waals surface area (Å²) in [5.74, 6) is -4.63. The lowest BCUT2D eigenvalue weighted by Gasteiger charge is -2.19. The number of hydrogen-bond donors (Lipinski definition) is 2. The van der Waals surface area contributed by atoms with Crippen molar-refractivity contribution in [2.24, 2.45) is 0 Å². The molecular formula is C6H8O6. The SMILES string of the molecule is O=C(O)CC1(C(=O)O)OCCO1. The van der Waals surface area contributed by atoms with Gasteiger partial charge in [0, 0.05) is 0 Å². The summed E-state index contributed by atoms with van der Waals surface area (Å²) in [5, 5.41) is 17.0. The third-order valence-electron chi connectivity index (χ3n) is 1.46. The number of carboxylic acid groups (broad SMARTS) is 2. The lowest BCUT2D eigenvalue weighted by atomic mass is 10.2. The Bertz CT molecular complexity index is 204. The Morgan fingerprint density at radius 1 is 1.25 bits per heavy atom. The summed E-state index contributed by atoms with van der Waals surface area (Å²) in [6.45, 7) is 0.221. The van der Waals surface area contributed by atoms with Crippen molar-refractivity contribution in [3.63, 3.8) is 0 Å². The second-order valence-corrected chi connectivity index (χ2v) is 2.33. The fraction of sp³-hybridized carbons (Fsp3) is 0.667. The van der Waals surface area contributed by atoms with Gasteiger partial charge >= 0.3 is 11.9 Å². The first-order chi connectivity index (χ1) is 5.57. The van der Waals surface area contributed by atoms with E-state index in [4.69, 9.17) is 19.7 Å². The van der Waals surface area contributed by atoms with Crippen LogP contribution in [0.25, 0.3) is 0 Å². The second kappa shape index (κ2) is 3.08. The number of hydrogen-bond acceptors (Lipinski definition) is 4. The van der Waals surface area contributed by atoms with Gasteiger partial charge < -0.3 is 19.7 Å². The van der Waals surface area contributed by atoms with Gasteiger partial charge in [0.25, 0.3) is 5.79 Å². The van der Waals surface area contributed by atoms with Crippen LogP contribution in [0.5, 0.6) is 0 Å². The predicted octanol–water partition coefficient (Wildman–Crippen LogP) is -0.711. The molecule has 1 rings (SSSR count). The molecule has 0 amide bonds. The van der Waals surface area contributed by atoms with Crippen LogP contribution < -0.4 is 0 Å². The fourth-order valence-corrected chi connectivity index (χ4v) is 0.955. The Kier molecular flexibility index (Phi) is 2.30. The van der Waals surface area contributed by atoms with E-state index in [2.05, 4.69) is 0 Å². The van der Waals surface area contributed by atoms with Crippen molar-refractivity contribution < 1.29 is 29.3 Å². The van der Waals surface area contributed by atoms with Gasteiger partial charge in [-0.1, -0.05) is 0 Å². The minimum absolute atomic E-state index is 0.111. The minimum atomic E-state index is -1.97. The number of carbonyl (C=O) groups is 2. The molecule has 0 unspecified atom stereocenters. The molecule has 0 bridgehead atoms. The van der Waals surface area contributed by atoms with Gasteiger partial charge in [0.05, 0.1) is 13.2 Å². The van der Waals surface area contributed by atoms with Gasteiger partial charge in [-0.2, -0.15) is 0 Å². The number of rotatable bonds is 3. The quantitative estimate of drug-likeness (QED) is 0.590. The van der Waals surface area contributed by atoms with Crippen LogP contribution in [0.1, 0.15) is 6.42 Å². The lowest BCUT2D eigenvalue weighted by Crippen LogP contribution is -2.41. The predicted molar refractivity (Wildman–Crippen MR) is 34.5 cm³/mol. The van der Waals surface area contributed by atoms with Crippen LogP contribution in [-0.4, -0.2) is 41.2 Å². The van der Waals surface area contributed by atoms with Crippen LogP contribution in [0.3, 0.4) is 0 Å². The first-order valence-corrected chi connectivity index (χ1v) is 3.30. The molecule has 2 N–H and O–H groups in total. The molecular weight excluding hydrogens is 168 g/mol. The summed E-state index contributed by atoms with van der Waals surface area (Å²) >= 11 is 0. The maximum Gasteiger partial charge on any atom is 0.365 e. The van der Waals surface area contributed by atoms with E-state index >= 15 is 0 Å². The maximum atomic E-state index is 10.5. The molecule has 1 fully saturated rings. The Balaban J connectivity index is 2.72. The van der Waals surface area contributed by atoms with E-state index in [-0.39, 0.29) is 13.2 Å². The number of aliphatic carboxylic acids is 2. The van der Waals surface area contributed by atoms with Crippen LogP contribution in [0, 0.1) is 0 Å². The van der Waals surface area contributed by atoms with Crippen molar-refractivity contribution >= 4 is 11.9 Å². The Labute approximate surface area is 67.7 Å². The van der Waals surface area contributed by atoms with Crippen molar-refractivity contribution in [2.45, 2.75) is 12.2 Å². The molecule has 1 aliphatic heterocycles. The molecule has 0 aromatic rings. The topological polar surface area (TPSA) is 93.1 Å². The summed E-state index contributed by atoms with van der Waals surface area (Å²) < 4.78 is 9.42. The van der Waals surface area contributed by atoms with Gasteiger partial charge in [-0.15, -0.1) is 0 Å². The lowest BCUT2D eigenvalue weighted by molar-refractivity contribution is -0.206. The summed E-state index contributed by atoms with van der Waals surface area (Å²) in [6, 6.07) is 0. The average Bonchev–Trinajstić information content (AvgIpc) is 2.35. The molecule has 0 aromatic heterocycles. The van der Waals surface area contributed by atoms with Crippen LogP contribution >= 0.6 is 0 Å². The zero-order valence-corrected chi connectivity index (χ0v) is 6.15. The molecule has 6 nitrogen and oxygen atoms in total. The van der Waals surface area contributed by atoms with E-state index in [9.17, 15) is 9.59 Å². The van der Waals surface area contributed by atoms with Gasteiger partial charge in [-0.3, -0.25) is 4.79 Å². The molecule has 68 valence electrons. The molecule has 12 heavy (non-hydrogen) atoms. The standard InChI is InChI=1S/C6H8O6/c7-4(8)3-6(5(9)10)11-1-2-12-6/h1-3H2,(H,7,8)(H,9,10). The molecule has 0 aliphatic carbocycles. The summed E-state index contributed by atoms with van der Waals surface area (Å²) in [6.07, 6.45) is -0.678. The fourth-order valence-electron chi connectivity index (χ4n) is 0.955. The largest absolute Gasteiger partial charge is 0.481 e. The normalized spacial score (nSPS) is 20.7. The van der Waals surface area contributed by atoms with E-state index < -0.39 is 24.1 Å².